The van der Waals surface area contributed by atoms with E-state index in [1.54, 1.807) is 0 Å². The Morgan fingerprint density at radius 1 is 1.35 bits per heavy atom. The second-order valence-electron chi connectivity index (χ2n) is 5.80. The molecule has 1 N–H and O–H groups in total. The molecule has 1 aliphatic rings. The Balaban J connectivity index is 2.03. The van der Waals surface area contributed by atoms with Crippen LogP contribution in [-0.4, -0.2) is 18.8 Å². The maximum absolute atomic E-state index is 6.20. The van der Waals surface area contributed by atoms with Crippen LogP contribution >= 0.6 is 11.3 Å². The minimum Gasteiger partial charge on any atom is -0.373 e. The van der Waals surface area contributed by atoms with E-state index in [4.69, 9.17) is 4.74 Å². The lowest BCUT2D eigenvalue weighted by Gasteiger charge is -2.41. The molecular formula is C17H23NOS. The number of hydrogen-bond donors (Lipinski definition) is 1. The van der Waals surface area contributed by atoms with Gasteiger partial charge in [-0.15, -0.1) is 11.3 Å². The quantitative estimate of drug-likeness (QED) is 0.894. The lowest BCUT2D eigenvalue weighted by molar-refractivity contribution is -0.0892. The number of nitrogens with one attached hydrogen (secondary N) is 1. The second-order valence-corrected chi connectivity index (χ2v) is 6.71. The third-order valence-corrected chi connectivity index (χ3v) is 5.32. The highest BCUT2D eigenvalue weighted by Gasteiger charge is 2.38. The van der Waals surface area contributed by atoms with Crippen molar-refractivity contribution in [1.82, 2.24) is 5.32 Å². The van der Waals surface area contributed by atoms with Crippen LogP contribution in [0.15, 0.2) is 29.6 Å². The number of likely N-dealkylation sites (N-methyl/N-ethyl adjacent to an activating group) is 1. The molecule has 1 fully saturated rings. The molecule has 0 aliphatic carbocycles. The summed E-state index contributed by atoms with van der Waals surface area (Å²) >= 11 is 1.84. The Labute approximate surface area is 125 Å². The van der Waals surface area contributed by atoms with Gasteiger partial charge in [-0.2, -0.15) is 0 Å². The second kappa shape index (κ2) is 5.84. The molecule has 2 atom stereocenters. The third-order valence-electron chi connectivity index (χ3n) is 4.34. The maximum Gasteiger partial charge on any atom is 0.0848 e. The van der Waals surface area contributed by atoms with E-state index in [0.29, 0.717) is 0 Å². The van der Waals surface area contributed by atoms with E-state index in [-0.39, 0.29) is 11.6 Å². The van der Waals surface area contributed by atoms with Crippen molar-refractivity contribution in [1.29, 1.82) is 0 Å². The minimum atomic E-state index is -0.0907. The highest BCUT2D eigenvalue weighted by molar-refractivity contribution is 7.17. The monoisotopic (exact) mass is 289 g/mol. The summed E-state index contributed by atoms with van der Waals surface area (Å²) in [6.07, 6.45) is 3.59. The fourth-order valence-corrected chi connectivity index (χ4v) is 4.23. The Morgan fingerprint density at radius 2 is 2.25 bits per heavy atom. The largest absolute Gasteiger partial charge is 0.373 e. The molecule has 0 spiro atoms. The van der Waals surface area contributed by atoms with Gasteiger partial charge in [0.2, 0.25) is 0 Å². The summed E-state index contributed by atoms with van der Waals surface area (Å²) in [7, 11) is 0. The van der Waals surface area contributed by atoms with Crippen LogP contribution in [0.4, 0.5) is 0 Å². The van der Waals surface area contributed by atoms with Gasteiger partial charge in [0.15, 0.2) is 0 Å². The summed E-state index contributed by atoms with van der Waals surface area (Å²) in [6, 6.07) is 9.10. The van der Waals surface area contributed by atoms with E-state index >= 15 is 0 Å². The standard InChI is InChI=1S/C17H23NOS/c1-3-18-16(17(2)10-4-5-11-19-17)14-8-6-7-13-9-12-20-15(13)14/h6-9,12,16,18H,3-5,10-11H2,1-2H3. The maximum atomic E-state index is 6.20. The fraction of sp³-hybridized carbons (Fsp3) is 0.529. The first-order valence-corrected chi connectivity index (χ1v) is 8.46. The highest BCUT2D eigenvalue weighted by atomic mass is 32.1. The Hall–Kier alpha value is -0.900. The first-order chi connectivity index (χ1) is 9.74. The molecule has 0 saturated carbocycles. The first-order valence-electron chi connectivity index (χ1n) is 7.58. The van der Waals surface area contributed by atoms with Crippen molar-refractivity contribution in [3.05, 3.63) is 35.2 Å². The number of ether oxygens (including phenoxy) is 1. The predicted molar refractivity (Wildman–Crippen MR) is 86.5 cm³/mol. The van der Waals surface area contributed by atoms with E-state index < -0.39 is 0 Å². The molecule has 2 heterocycles. The molecule has 3 heteroatoms. The summed E-state index contributed by atoms with van der Waals surface area (Å²) < 4.78 is 7.60. The third kappa shape index (κ3) is 2.50. The van der Waals surface area contributed by atoms with Gasteiger partial charge < -0.3 is 10.1 Å². The molecule has 20 heavy (non-hydrogen) atoms. The zero-order valence-electron chi connectivity index (χ0n) is 12.3. The number of thiophene rings is 1. The van der Waals surface area contributed by atoms with Crippen molar-refractivity contribution in [2.45, 2.75) is 44.8 Å². The smallest absolute Gasteiger partial charge is 0.0848 e. The van der Waals surface area contributed by atoms with Crippen LogP contribution in [0.1, 0.15) is 44.7 Å². The normalized spacial score (nSPS) is 24.9. The summed E-state index contributed by atoms with van der Waals surface area (Å²) in [5.74, 6) is 0. The van der Waals surface area contributed by atoms with Gasteiger partial charge in [-0.1, -0.05) is 25.1 Å². The molecule has 3 rings (SSSR count). The Morgan fingerprint density at radius 3 is 3.00 bits per heavy atom. The van der Waals surface area contributed by atoms with E-state index in [1.807, 2.05) is 11.3 Å². The molecule has 1 aromatic heterocycles. The summed E-state index contributed by atoms with van der Waals surface area (Å²) in [6.45, 7) is 6.30. The molecule has 1 saturated heterocycles. The van der Waals surface area contributed by atoms with Gasteiger partial charge in [0, 0.05) is 11.3 Å². The van der Waals surface area contributed by atoms with Gasteiger partial charge in [-0.25, -0.2) is 0 Å². The zero-order valence-corrected chi connectivity index (χ0v) is 13.1. The number of rotatable bonds is 4. The number of hydrogen-bond acceptors (Lipinski definition) is 3. The van der Waals surface area contributed by atoms with Crippen LogP contribution in [-0.2, 0) is 4.74 Å². The van der Waals surface area contributed by atoms with Crippen molar-refractivity contribution >= 4 is 21.4 Å². The number of benzene rings is 1. The predicted octanol–water partition coefficient (Wildman–Crippen LogP) is 4.51. The van der Waals surface area contributed by atoms with Crippen molar-refractivity contribution in [3.8, 4) is 0 Å². The molecule has 2 nitrogen and oxygen atoms in total. The van der Waals surface area contributed by atoms with Crippen LogP contribution in [0.25, 0.3) is 10.1 Å². The van der Waals surface area contributed by atoms with Crippen LogP contribution in [0.2, 0.25) is 0 Å². The number of fused-ring (bicyclic) bond motifs is 1. The average Bonchev–Trinajstić information content (AvgIpc) is 2.94. The minimum absolute atomic E-state index is 0.0907. The molecule has 1 aromatic carbocycles. The van der Waals surface area contributed by atoms with E-state index in [9.17, 15) is 0 Å². The van der Waals surface area contributed by atoms with E-state index in [0.717, 1.165) is 19.6 Å². The van der Waals surface area contributed by atoms with Gasteiger partial charge in [0.25, 0.3) is 0 Å². The van der Waals surface area contributed by atoms with Crippen LogP contribution in [0.3, 0.4) is 0 Å². The molecule has 108 valence electrons. The van der Waals surface area contributed by atoms with Crippen LogP contribution < -0.4 is 5.32 Å². The zero-order chi connectivity index (χ0) is 14.0. The molecule has 0 radical (unpaired) electrons. The van der Waals surface area contributed by atoms with E-state index in [2.05, 4.69) is 48.8 Å². The molecular weight excluding hydrogens is 266 g/mol. The molecule has 2 aromatic rings. The summed E-state index contributed by atoms with van der Waals surface area (Å²) in [5, 5.41) is 7.20. The summed E-state index contributed by atoms with van der Waals surface area (Å²) in [5.41, 5.74) is 1.30. The topological polar surface area (TPSA) is 21.3 Å². The van der Waals surface area contributed by atoms with Crippen molar-refractivity contribution in [2.75, 3.05) is 13.2 Å². The van der Waals surface area contributed by atoms with Gasteiger partial charge in [-0.05, 0) is 55.1 Å². The fourth-order valence-electron chi connectivity index (χ4n) is 3.29. The van der Waals surface area contributed by atoms with Gasteiger partial charge >= 0.3 is 0 Å². The molecule has 0 bridgehead atoms. The lowest BCUT2D eigenvalue weighted by atomic mass is 9.84. The van der Waals surface area contributed by atoms with Gasteiger partial charge in [-0.3, -0.25) is 0 Å². The Bertz CT molecular complexity index is 571. The SMILES string of the molecule is CCNC(c1cccc2ccsc12)C1(C)CCCCO1. The summed E-state index contributed by atoms with van der Waals surface area (Å²) in [4.78, 5) is 0. The lowest BCUT2D eigenvalue weighted by Crippen LogP contribution is -2.45. The van der Waals surface area contributed by atoms with Crippen LogP contribution in [0.5, 0.6) is 0 Å². The van der Waals surface area contributed by atoms with Crippen LogP contribution in [0, 0.1) is 0 Å². The van der Waals surface area contributed by atoms with Crippen molar-refractivity contribution in [2.24, 2.45) is 0 Å². The average molecular weight is 289 g/mol. The van der Waals surface area contributed by atoms with Crippen molar-refractivity contribution < 1.29 is 4.74 Å². The molecule has 0 amide bonds. The Kier molecular flexibility index (Phi) is 4.11. The van der Waals surface area contributed by atoms with Gasteiger partial charge in [0.05, 0.1) is 11.6 Å². The van der Waals surface area contributed by atoms with E-state index in [1.165, 1.54) is 28.5 Å². The highest BCUT2D eigenvalue weighted by Crippen LogP contribution is 2.40. The van der Waals surface area contributed by atoms with Crippen molar-refractivity contribution in [3.63, 3.8) is 0 Å². The first kappa shape index (κ1) is 14.1. The molecule has 1 aliphatic heterocycles. The van der Waals surface area contributed by atoms with Gasteiger partial charge in [0.1, 0.15) is 0 Å². The molecule has 2 unspecified atom stereocenters.